The fraction of sp³-hybridized carbons (Fsp3) is 0.533. The number of imide groups is 1. The summed E-state index contributed by atoms with van der Waals surface area (Å²) in [6, 6.07) is 0. The summed E-state index contributed by atoms with van der Waals surface area (Å²) in [4.78, 5) is 39.2. The number of allylic oxidation sites excluding steroid dienone is 2. The van der Waals surface area contributed by atoms with E-state index in [2.05, 4.69) is 0 Å². The van der Waals surface area contributed by atoms with Crippen molar-refractivity contribution in [3.05, 3.63) is 23.4 Å². The van der Waals surface area contributed by atoms with Crippen LogP contribution in [0.5, 0.6) is 0 Å². The maximum atomic E-state index is 12.5. The van der Waals surface area contributed by atoms with Crippen LogP contribution in [0.15, 0.2) is 23.4 Å². The second-order valence-corrected chi connectivity index (χ2v) is 6.13. The molecule has 114 valence electrons. The summed E-state index contributed by atoms with van der Waals surface area (Å²) in [6.45, 7) is 4.84. The number of carbonyl (C=O) groups is 3. The highest BCUT2D eigenvalue weighted by Crippen LogP contribution is 2.26. The van der Waals surface area contributed by atoms with E-state index in [0.717, 1.165) is 11.3 Å². The van der Waals surface area contributed by atoms with E-state index in [0.29, 0.717) is 17.7 Å². The van der Waals surface area contributed by atoms with Crippen molar-refractivity contribution < 1.29 is 19.1 Å². The van der Waals surface area contributed by atoms with Gasteiger partial charge < -0.3 is 9.64 Å². The molecule has 6 nitrogen and oxygen atoms in total. The number of hydrogen-bond donors (Lipinski definition) is 0. The molecular formula is C15H20N2O4. The lowest BCUT2D eigenvalue weighted by molar-refractivity contribution is -0.134. The Morgan fingerprint density at radius 1 is 1.29 bits per heavy atom. The summed E-state index contributed by atoms with van der Waals surface area (Å²) in [5, 5.41) is 0. The number of carbonyl (C=O) groups excluding carboxylic acids is 3. The summed E-state index contributed by atoms with van der Waals surface area (Å²) in [7, 11) is 1.63. The molecule has 0 aromatic carbocycles. The molecule has 2 aliphatic rings. The van der Waals surface area contributed by atoms with Crippen molar-refractivity contribution in [2.24, 2.45) is 0 Å². The van der Waals surface area contributed by atoms with Gasteiger partial charge in [-0.25, -0.2) is 9.69 Å². The molecule has 0 fully saturated rings. The van der Waals surface area contributed by atoms with Gasteiger partial charge in [-0.2, -0.15) is 0 Å². The van der Waals surface area contributed by atoms with Crippen LogP contribution in [0.25, 0.3) is 0 Å². The highest BCUT2D eigenvalue weighted by molar-refractivity contribution is 6.08. The fourth-order valence-electron chi connectivity index (χ4n) is 2.27. The Kier molecular flexibility index (Phi) is 3.89. The second-order valence-electron chi connectivity index (χ2n) is 6.13. The number of ether oxygens (including phenoxy) is 1. The van der Waals surface area contributed by atoms with Crippen molar-refractivity contribution in [1.29, 1.82) is 0 Å². The van der Waals surface area contributed by atoms with Crippen LogP contribution in [-0.2, 0) is 14.3 Å². The Morgan fingerprint density at radius 3 is 2.57 bits per heavy atom. The lowest BCUT2D eigenvalue weighted by atomic mass is 10.0. The zero-order valence-corrected chi connectivity index (χ0v) is 12.8. The summed E-state index contributed by atoms with van der Waals surface area (Å²) >= 11 is 0. The standard InChI is InChI=1S/C15H20N2O4/c1-15(2,3)21-14(20)17-9-12(18)16(4)11-8-6-5-7-10(11)13(17)19/h5,7H,6,8-9H2,1-4H3. The number of amides is 3. The zero-order valence-electron chi connectivity index (χ0n) is 12.8. The molecule has 0 saturated heterocycles. The average Bonchev–Trinajstić information content (AvgIpc) is 2.48. The molecule has 1 aliphatic carbocycles. The van der Waals surface area contributed by atoms with Crippen LogP contribution >= 0.6 is 0 Å². The molecule has 3 amide bonds. The van der Waals surface area contributed by atoms with Gasteiger partial charge >= 0.3 is 6.09 Å². The van der Waals surface area contributed by atoms with E-state index in [9.17, 15) is 14.4 Å². The third-order valence-corrected chi connectivity index (χ3v) is 3.31. The van der Waals surface area contributed by atoms with Crippen molar-refractivity contribution in [3.8, 4) is 0 Å². The van der Waals surface area contributed by atoms with Gasteiger partial charge in [-0.05, 0) is 33.6 Å². The molecular weight excluding hydrogens is 272 g/mol. The minimum atomic E-state index is -0.790. The topological polar surface area (TPSA) is 66.9 Å². The van der Waals surface area contributed by atoms with Gasteiger partial charge in [-0.15, -0.1) is 0 Å². The highest BCUT2D eigenvalue weighted by Gasteiger charge is 2.36. The van der Waals surface area contributed by atoms with Crippen LogP contribution in [0, 0.1) is 0 Å². The second kappa shape index (κ2) is 5.35. The number of nitrogens with zero attached hydrogens (tertiary/aromatic N) is 2. The Balaban J connectivity index is 2.35. The van der Waals surface area contributed by atoms with Crippen LogP contribution < -0.4 is 0 Å². The first kappa shape index (κ1) is 15.3. The Bertz CT molecular complexity index is 555. The van der Waals surface area contributed by atoms with Gasteiger partial charge in [0.05, 0.1) is 5.57 Å². The van der Waals surface area contributed by atoms with Crippen LogP contribution in [0.3, 0.4) is 0 Å². The minimum absolute atomic E-state index is 0.297. The van der Waals surface area contributed by atoms with Crippen LogP contribution in [0.2, 0.25) is 0 Å². The predicted molar refractivity (Wildman–Crippen MR) is 76.1 cm³/mol. The number of hydrogen-bond acceptors (Lipinski definition) is 4. The van der Waals surface area contributed by atoms with Gasteiger partial charge in [0.1, 0.15) is 12.1 Å². The van der Waals surface area contributed by atoms with E-state index >= 15 is 0 Å². The number of likely N-dealkylation sites (N-methyl/N-ethyl adjacent to an activating group) is 1. The first-order valence-corrected chi connectivity index (χ1v) is 6.92. The normalized spacial score (nSPS) is 19.6. The van der Waals surface area contributed by atoms with Gasteiger partial charge in [-0.3, -0.25) is 9.59 Å². The molecule has 21 heavy (non-hydrogen) atoms. The highest BCUT2D eigenvalue weighted by atomic mass is 16.6. The van der Waals surface area contributed by atoms with Crippen LogP contribution in [-0.4, -0.2) is 46.9 Å². The monoisotopic (exact) mass is 292 g/mol. The molecule has 0 atom stereocenters. The smallest absolute Gasteiger partial charge is 0.417 e. The van der Waals surface area contributed by atoms with Crippen molar-refractivity contribution >= 4 is 17.9 Å². The Hall–Kier alpha value is -2.11. The average molecular weight is 292 g/mol. The van der Waals surface area contributed by atoms with Crippen molar-refractivity contribution in [2.45, 2.75) is 39.2 Å². The lowest BCUT2D eigenvalue weighted by Crippen LogP contribution is -2.44. The minimum Gasteiger partial charge on any atom is -0.443 e. The van der Waals surface area contributed by atoms with E-state index in [1.807, 2.05) is 6.08 Å². The molecule has 2 rings (SSSR count). The third-order valence-electron chi connectivity index (χ3n) is 3.31. The molecule has 0 radical (unpaired) electrons. The molecule has 0 aromatic rings. The molecule has 1 aliphatic heterocycles. The van der Waals surface area contributed by atoms with E-state index in [1.54, 1.807) is 33.9 Å². The van der Waals surface area contributed by atoms with E-state index in [4.69, 9.17) is 4.74 Å². The molecule has 0 unspecified atom stereocenters. The van der Waals surface area contributed by atoms with Crippen molar-refractivity contribution in [2.75, 3.05) is 13.6 Å². The first-order chi connectivity index (χ1) is 9.70. The van der Waals surface area contributed by atoms with Crippen molar-refractivity contribution in [1.82, 2.24) is 9.80 Å². The molecule has 1 heterocycles. The van der Waals surface area contributed by atoms with E-state index < -0.39 is 17.6 Å². The van der Waals surface area contributed by atoms with Crippen LogP contribution in [0.1, 0.15) is 33.6 Å². The van der Waals surface area contributed by atoms with E-state index in [-0.39, 0.29) is 12.5 Å². The maximum Gasteiger partial charge on any atom is 0.417 e. The lowest BCUT2D eigenvalue weighted by Gasteiger charge is -2.25. The molecule has 0 spiro atoms. The maximum absolute atomic E-state index is 12.5. The van der Waals surface area contributed by atoms with Gasteiger partial charge in [0.15, 0.2) is 0 Å². The third kappa shape index (κ3) is 3.15. The zero-order chi connectivity index (χ0) is 15.8. The first-order valence-electron chi connectivity index (χ1n) is 6.92. The van der Waals surface area contributed by atoms with Gasteiger partial charge in [0.25, 0.3) is 5.91 Å². The molecule has 6 heteroatoms. The molecule has 0 aromatic heterocycles. The molecule has 0 N–H and O–H groups in total. The summed E-state index contributed by atoms with van der Waals surface area (Å²) in [5.74, 6) is -0.776. The van der Waals surface area contributed by atoms with Gasteiger partial charge in [0, 0.05) is 12.7 Å². The Morgan fingerprint density at radius 2 is 1.95 bits per heavy atom. The number of rotatable bonds is 0. The summed E-state index contributed by atoms with van der Waals surface area (Å²) in [5.41, 5.74) is 0.331. The molecule has 0 saturated carbocycles. The van der Waals surface area contributed by atoms with Gasteiger partial charge in [-0.1, -0.05) is 12.2 Å². The fourth-order valence-corrected chi connectivity index (χ4v) is 2.27. The van der Waals surface area contributed by atoms with Gasteiger partial charge in [0.2, 0.25) is 5.91 Å². The quantitative estimate of drug-likeness (QED) is 0.683. The van der Waals surface area contributed by atoms with E-state index in [1.165, 1.54) is 4.90 Å². The van der Waals surface area contributed by atoms with Crippen molar-refractivity contribution in [3.63, 3.8) is 0 Å². The predicted octanol–water partition coefficient (Wildman–Crippen LogP) is 1.83. The molecule has 0 bridgehead atoms. The SMILES string of the molecule is CN1C(=O)CN(C(=O)OC(C)(C)C)C(=O)C2=C1CCC=C2. The summed E-state index contributed by atoms with van der Waals surface area (Å²) in [6.07, 6.45) is 4.14. The Labute approximate surface area is 124 Å². The largest absolute Gasteiger partial charge is 0.443 e. The van der Waals surface area contributed by atoms with Crippen LogP contribution in [0.4, 0.5) is 4.79 Å². The summed E-state index contributed by atoms with van der Waals surface area (Å²) < 4.78 is 5.22.